The summed E-state index contributed by atoms with van der Waals surface area (Å²) in [6.07, 6.45) is 3.38. The number of para-hydroxylation sites is 2. The van der Waals surface area contributed by atoms with Gasteiger partial charge in [0, 0.05) is 10.6 Å². The number of thioether (sulfide) groups is 1. The van der Waals surface area contributed by atoms with E-state index in [-0.39, 0.29) is 0 Å². The van der Waals surface area contributed by atoms with E-state index in [4.69, 9.17) is 13.8 Å². The van der Waals surface area contributed by atoms with E-state index in [0.29, 0.717) is 13.1 Å². The summed E-state index contributed by atoms with van der Waals surface area (Å²) in [5.74, 6) is 1.78. The average Bonchev–Trinajstić information content (AvgIpc) is 3.56. The van der Waals surface area contributed by atoms with Crippen molar-refractivity contribution >= 4 is 39.0 Å². The maximum absolute atomic E-state index is 5.58. The minimum absolute atomic E-state index is 0.619. The van der Waals surface area contributed by atoms with E-state index in [1.165, 1.54) is 4.70 Å². The van der Waals surface area contributed by atoms with Crippen molar-refractivity contribution in [3.8, 4) is 0 Å². The SMILES string of the molecule is C=C(/N=c1\sc2ccccc2n1Cc1ccco1)Sc1ccccc1NCc1ccco1. The molecule has 160 valence electrons. The molecule has 0 bridgehead atoms. The van der Waals surface area contributed by atoms with E-state index < -0.39 is 0 Å². The van der Waals surface area contributed by atoms with Crippen molar-refractivity contribution in [2.45, 2.75) is 18.0 Å². The van der Waals surface area contributed by atoms with Gasteiger partial charge in [0.1, 0.15) is 11.5 Å². The summed E-state index contributed by atoms with van der Waals surface area (Å²) in [6.45, 7) is 5.46. The van der Waals surface area contributed by atoms with Crippen molar-refractivity contribution in [3.05, 3.63) is 113 Å². The molecule has 0 amide bonds. The molecule has 3 heterocycles. The topological polar surface area (TPSA) is 55.6 Å². The van der Waals surface area contributed by atoms with E-state index in [1.54, 1.807) is 35.6 Å². The van der Waals surface area contributed by atoms with E-state index in [0.717, 1.165) is 37.5 Å². The fourth-order valence-electron chi connectivity index (χ4n) is 3.37. The summed E-state index contributed by atoms with van der Waals surface area (Å²) >= 11 is 3.19. The second-order valence-corrected chi connectivity index (χ2v) is 9.18. The Labute approximate surface area is 193 Å². The number of nitrogens with zero attached hydrogens (tertiary/aromatic N) is 2. The van der Waals surface area contributed by atoms with Crippen molar-refractivity contribution in [1.82, 2.24) is 4.57 Å². The van der Waals surface area contributed by atoms with Gasteiger partial charge in [-0.05, 0) is 48.5 Å². The van der Waals surface area contributed by atoms with Crippen LogP contribution >= 0.6 is 23.1 Å². The van der Waals surface area contributed by atoms with Crippen LogP contribution in [0.25, 0.3) is 10.2 Å². The molecule has 0 saturated heterocycles. The first kappa shape index (κ1) is 20.5. The lowest BCUT2D eigenvalue weighted by Crippen LogP contribution is -2.15. The molecule has 0 unspecified atom stereocenters. The Balaban J connectivity index is 1.42. The second kappa shape index (κ2) is 9.38. The molecule has 0 aliphatic heterocycles. The Morgan fingerprint density at radius 1 is 0.938 bits per heavy atom. The number of anilines is 1. The zero-order chi connectivity index (χ0) is 21.8. The van der Waals surface area contributed by atoms with Crippen LogP contribution in [0, 0.1) is 0 Å². The first-order valence-electron chi connectivity index (χ1n) is 10.1. The number of hydrogen-bond donors (Lipinski definition) is 1. The molecule has 0 radical (unpaired) electrons. The number of furan rings is 2. The lowest BCUT2D eigenvalue weighted by Gasteiger charge is -2.10. The number of aromatic nitrogens is 1. The van der Waals surface area contributed by atoms with Crippen LogP contribution in [0.3, 0.4) is 0 Å². The third-order valence-corrected chi connectivity index (χ3v) is 6.81. The number of nitrogens with one attached hydrogen (secondary N) is 1. The number of fused-ring (bicyclic) bond motifs is 1. The highest BCUT2D eigenvalue weighted by atomic mass is 32.2. The van der Waals surface area contributed by atoms with Gasteiger partial charge in [0.25, 0.3) is 0 Å². The van der Waals surface area contributed by atoms with E-state index in [2.05, 4.69) is 40.7 Å². The van der Waals surface area contributed by atoms with Gasteiger partial charge in [-0.1, -0.05) is 53.9 Å². The Kier molecular flexibility index (Phi) is 6.00. The minimum atomic E-state index is 0.619. The Bertz CT molecular complexity index is 1400. The largest absolute Gasteiger partial charge is 0.467 e. The van der Waals surface area contributed by atoms with Gasteiger partial charge in [0.05, 0.1) is 40.9 Å². The van der Waals surface area contributed by atoms with Gasteiger partial charge < -0.3 is 18.7 Å². The fourth-order valence-corrected chi connectivity index (χ4v) is 5.27. The molecule has 32 heavy (non-hydrogen) atoms. The summed E-state index contributed by atoms with van der Waals surface area (Å²) in [5.41, 5.74) is 2.15. The average molecular weight is 460 g/mol. The molecular formula is C25H21N3O2S2. The van der Waals surface area contributed by atoms with Crippen LogP contribution in [0.4, 0.5) is 5.69 Å². The van der Waals surface area contributed by atoms with Gasteiger partial charge in [-0.25, -0.2) is 4.99 Å². The van der Waals surface area contributed by atoms with Crippen LogP contribution in [-0.4, -0.2) is 4.57 Å². The van der Waals surface area contributed by atoms with Crippen molar-refractivity contribution < 1.29 is 8.83 Å². The Morgan fingerprint density at radius 3 is 2.50 bits per heavy atom. The van der Waals surface area contributed by atoms with Crippen molar-refractivity contribution in [2.24, 2.45) is 4.99 Å². The molecule has 7 heteroatoms. The lowest BCUT2D eigenvalue weighted by atomic mass is 10.3. The molecule has 2 aromatic carbocycles. The molecule has 5 nitrogen and oxygen atoms in total. The molecule has 0 aliphatic carbocycles. The van der Waals surface area contributed by atoms with Crippen molar-refractivity contribution in [1.29, 1.82) is 0 Å². The predicted molar refractivity (Wildman–Crippen MR) is 131 cm³/mol. The Hall–Kier alpha value is -3.42. The van der Waals surface area contributed by atoms with Crippen LogP contribution in [0.15, 0.2) is 116 Å². The summed E-state index contributed by atoms with van der Waals surface area (Å²) < 4.78 is 14.4. The van der Waals surface area contributed by atoms with Crippen molar-refractivity contribution in [3.63, 3.8) is 0 Å². The molecule has 0 atom stereocenters. The number of hydrogen-bond acceptors (Lipinski definition) is 6. The standard InChI is InChI=1S/C25H21N3O2S2/c1-18(31-23-12-4-2-10-21(23)26-16-19-8-6-14-29-19)27-25-28(17-20-9-7-15-30-20)22-11-3-5-13-24(22)32-25/h2-15,26H,1,16-17H2/b27-25-. The van der Waals surface area contributed by atoms with Gasteiger partial charge in [-0.2, -0.15) is 0 Å². The molecule has 0 fully saturated rings. The minimum Gasteiger partial charge on any atom is -0.467 e. The highest BCUT2D eigenvalue weighted by molar-refractivity contribution is 8.03. The van der Waals surface area contributed by atoms with Gasteiger partial charge in [0.2, 0.25) is 0 Å². The lowest BCUT2D eigenvalue weighted by molar-refractivity contribution is 0.494. The molecule has 5 rings (SSSR count). The summed E-state index contributed by atoms with van der Waals surface area (Å²) in [4.78, 5) is 6.84. The second-order valence-electron chi connectivity index (χ2n) is 7.05. The molecule has 0 saturated carbocycles. The van der Waals surface area contributed by atoms with E-state index >= 15 is 0 Å². The van der Waals surface area contributed by atoms with Crippen LogP contribution in [0.5, 0.6) is 0 Å². The molecule has 1 N–H and O–H groups in total. The number of thiazole rings is 1. The molecule has 3 aromatic heterocycles. The van der Waals surface area contributed by atoms with Gasteiger partial charge in [0.15, 0.2) is 4.80 Å². The Morgan fingerprint density at radius 2 is 1.69 bits per heavy atom. The third kappa shape index (κ3) is 4.59. The summed E-state index contributed by atoms with van der Waals surface area (Å²) in [7, 11) is 0. The van der Waals surface area contributed by atoms with Gasteiger partial charge in [-0.15, -0.1) is 0 Å². The van der Waals surface area contributed by atoms with E-state index in [1.807, 2.05) is 48.5 Å². The molecule has 0 aliphatic rings. The monoisotopic (exact) mass is 459 g/mol. The van der Waals surface area contributed by atoms with Crippen LogP contribution in [-0.2, 0) is 13.1 Å². The zero-order valence-electron chi connectivity index (χ0n) is 17.2. The number of rotatable bonds is 8. The number of benzene rings is 2. The molecule has 5 aromatic rings. The fraction of sp³-hybridized carbons (Fsp3) is 0.0800. The molecular weight excluding hydrogens is 438 g/mol. The third-order valence-electron chi connectivity index (χ3n) is 4.85. The normalized spacial score (nSPS) is 11.8. The van der Waals surface area contributed by atoms with Gasteiger partial charge >= 0.3 is 0 Å². The first-order valence-corrected chi connectivity index (χ1v) is 11.8. The van der Waals surface area contributed by atoms with Crippen LogP contribution in [0.1, 0.15) is 11.5 Å². The van der Waals surface area contributed by atoms with Crippen LogP contribution < -0.4 is 10.1 Å². The maximum Gasteiger partial charge on any atom is 0.191 e. The first-order chi connectivity index (χ1) is 15.8. The van der Waals surface area contributed by atoms with Gasteiger partial charge in [-0.3, -0.25) is 0 Å². The maximum atomic E-state index is 5.58. The zero-order valence-corrected chi connectivity index (χ0v) is 18.9. The highest BCUT2D eigenvalue weighted by Gasteiger charge is 2.10. The summed E-state index contributed by atoms with van der Waals surface area (Å²) in [5, 5.41) is 4.15. The smallest absolute Gasteiger partial charge is 0.191 e. The van der Waals surface area contributed by atoms with Crippen molar-refractivity contribution in [2.75, 3.05) is 5.32 Å². The quantitative estimate of drug-likeness (QED) is 0.262. The van der Waals surface area contributed by atoms with E-state index in [9.17, 15) is 0 Å². The predicted octanol–water partition coefficient (Wildman–Crippen LogP) is 6.71. The molecule has 0 spiro atoms. The van der Waals surface area contributed by atoms with Crippen LogP contribution in [0.2, 0.25) is 0 Å². The summed E-state index contributed by atoms with van der Waals surface area (Å²) in [6, 6.07) is 24.2. The highest BCUT2D eigenvalue weighted by Crippen LogP contribution is 2.33.